The third-order valence-corrected chi connectivity index (χ3v) is 3.07. The number of fused-ring (bicyclic) bond motifs is 1. The minimum absolute atomic E-state index is 0.171. The summed E-state index contributed by atoms with van der Waals surface area (Å²) < 4.78 is 5.11. The first kappa shape index (κ1) is 10.0. The minimum Gasteiger partial charge on any atom is -0.497 e. The summed E-state index contributed by atoms with van der Waals surface area (Å²) in [5, 5.41) is 9.15. The van der Waals surface area contributed by atoms with Crippen molar-refractivity contribution in [2.75, 3.05) is 7.11 Å². The first-order valence-electron chi connectivity index (χ1n) is 5.03. The molecule has 1 aliphatic carbocycles. The Morgan fingerprint density at radius 2 is 2.27 bits per heavy atom. The second kappa shape index (κ2) is 3.57. The molecule has 2 unspecified atom stereocenters. The van der Waals surface area contributed by atoms with Gasteiger partial charge in [0, 0.05) is 0 Å². The summed E-state index contributed by atoms with van der Waals surface area (Å²) >= 11 is 0. The van der Waals surface area contributed by atoms with Crippen molar-refractivity contribution >= 4 is 5.97 Å². The van der Waals surface area contributed by atoms with E-state index in [1.165, 1.54) is 0 Å². The number of rotatable bonds is 2. The van der Waals surface area contributed by atoms with Gasteiger partial charge in [0.25, 0.3) is 0 Å². The molecule has 1 aromatic carbocycles. The van der Waals surface area contributed by atoms with Gasteiger partial charge in [-0.1, -0.05) is 13.0 Å². The zero-order valence-electron chi connectivity index (χ0n) is 8.86. The quantitative estimate of drug-likeness (QED) is 0.805. The van der Waals surface area contributed by atoms with Gasteiger partial charge in [0.05, 0.1) is 13.0 Å². The highest BCUT2D eigenvalue weighted by atomic mass is 16.5. The van der Waals surface area contributed by atoms with E-state index >= 15 is 0 Å². The number of hydrogen-bond donors (Lipinski definition) is 1. The van der Waals surface area contributed by atoms with Gasteiger partial charge in [-0.3, -0.25) is 4.79 Å². The molecule has 2 rings (SSSR count). The molecule has 1 aliphatic rings. The standard InChI is InChI=1S/C12H14O3/c1-7-5-8-3-4-9(15-2)6-10(8)11(7)12(13)14/h3-4,6-7,11H,5H2,1-2H3,(H,13,14). The Morgan fingerprint density at radius 1 is 1.53 bits per heavy atom. The van der Waals surface area contributed by atoms with Gasteiger partial charge in [-0.05, 0) is 35.6 Å². The molecular weight excluding hydrogens is 192 g/mol. The summed E-state index contributed by atoms with van der Waals surface area (Å²) in [5.41, 5.74) is 2.05. The SMILES string of the molecule is COc1ccc2c(c1)C(C(=O)O)C(C)C2. The van der Waals surface area contributed by atoms with Crippen LogP contribution in [0.5, 0.6) is 5.75 Å². The maximum absolute atomic E-state index is 11.1. The van der Waals surface area contributed by atoms with Gasteiger partial charge in [0.2, 0.25) is 0 Å². The van der Waals surface area contributed by atoms with Crippen LogP contribution in [0.4, 0.5) is 0 Å². The van der Waals surface area contributed by atoms with Crippen LogP contribution in [-0.4, -0.2) is 18.2 Å². The first-order chi connectivity index (χ1) is 7.13. The molecule has 15 heavy (non-hydrogen) atoms. The zero-order chi connectivity index (χ0) is 11.0. The van der Waals surface area contributed by atoms with Crippen LogP contribution in [-0.2, 0) is 11.2 Å². The number of hydrogen-bond acceptors (Lipinski definition) is 2. The molecular formula is C12H14O3. The fourth-order valence-electron chi connectivity index (χ4n) is 2.32. The lowest BCUT2D eigenvalue weighted by Crippen LogP contribution is -2.14. The highest BCUT2D eigenvalue weighted by molar-refractivity contribution is 5.78. The van der Waals surface area contributed by atoms with Crippen molar-refractivity contribution in [3.63, 3.8) is 0 Å². The molecule has 0 saturated heterocycles. The van der Waals surface area contributed by atoms with E-state index in [9.17, 15) is 4.79 Å². The highest BCUT2D eigenvalue weighted by Gasteiger charge is 2.34. The van der Waals surface area contributed by atoms with Crippen molar-refractivity contribution in [1.82, 2.24) is 0 Å². The molecule has 0 amide bonds. The van der Waals surface area contributed by atoms with E-state index in [1.807, 2.05) is 25.1 Å². The molecule has 2 atom stereocenters. The van der Waals surface area contributed by atoms with E-state index in [0.717, 1.165) is 23.3 Å². The van der Waals surface area contributed by atoms with Crippen LogP contribution in [0.1, 0.15) is 24.0 Å². The van der Waals surface area contributed by atoms with Gasteiger partial charge in [0.1, 0.15) is 5.75 Å². The second-order valence-corrected chi connectivity index (χ2v) is 4.06. The van der Waals surface area contributed by atoms with E-state index in [-0.39, 0.29) is 11.8 Å². The molecule has 1 N–H and O–H groups in total. The predicted molar refractivity (Wildman–Crippen MR) is 56.2 cm³/mol. The topological polar surface area (TPSA) is 46.5 Å². The monoisotopic (exact) mass is 206 g/mol. The molecule has 3 heteroatoms. The van der Waals surface area contributed by atoms with E-state index in [1.54, 1.807) is 7.11 Å². The molecule has 0 fully saturated rings. The van der Waals surface area contributed by atoms with E-state index in [0.29, 0.717) is 0 Å². The van der Waals surface area contributed by atoms with Crippen LogP contribution in [0.2, 0.25) is 0 Å². The lowest BCUT2D eigenvalue weighted by molar-refractivity contribution is -0.139. The van der Waals surface area contributed by atoms with Crippen molar-refractivity contribution in [3.05, 3.63) is 29.3 Å². The Balaban J connectivity index is 2.46. The van der Waals surface area contributed by atoms with Gasteiger partial charge < -0.3 is 9.84 Å². The number of benzene rings is 1. The average Bonchev–Trinajstić information content (AvgIpc) is 2.52. The molecule has 0 bridgehead atoms. The van der Waals surface area contributed by atoms with Crippen LogP contribution in [0.25, 0.3) is 0 Å². The van der Waals surface area contributed by atoms with Crippen molar-refractivity contribution in [3.8, 4) is 5.75 Å². The summed E-state index contributed by atoms with van der Waals surface area (Å²) in [7, 11) is 1.59. The van der Waals surface area contributed by atoms with E-state index in [4.69, 9.17) is 9.84 Å². The molecule has 0 aliphatic heterocycles. The number of aliphatic carboxylic acids is 1. The van der Waals surface area contributed by atoms with Gasteiger partial charge in [-0.25, -0.2) is 0 Å². The number of ether oxygens (including phenoxy) is 1. The predicted octanol–water partition coefficient (Wildman–Crippen LogP) is 2.06. The maximum atomic E-state index is 11.1. The summed E-state index contributed by atoms with van der Waals surface area (Å²) in [6.45, 7) is 1.98. The Morgan fingerprint density at radius 3 is 2.87 bits per heavy atom. The summed E-state index contributed by atoms with van der Waals surface area (Å²) in [4.78, 5) is 11.1. The molecule has 0 saturated carbocycles. The van der Waals surface area contributed by atoms with Gasteiger partial charge >= 0.3 is 5.97 Å². The fourth-order valence-corrected chi connectivity index (χ4v) is 2.32. The number of carboxylic acid groups (broad SMARTS) is 1. The largest absolute Gasteiger partial charge is 0.497 e. The van der Waals surface area contributed by atoms with Gasteiger partial charge in [-0.15, -0.1) is 0 Å². The smallest absolute Gasteiger partial charge is 0.311 e. The van der Waals surface area contributed by atoms with Crippen molar-refractivity contribution < 1.29 is 14.6 Å². The van der Waals surface area contributed by atoms with Crippen LogP contribution in [0.15, 0.2) is 18.2 Å². The summed E-state index contributed by atoms with van der Waals surface area (Å²) in [5.74, 6) is -0.219. The maximum Gasteiger partial charge on any atom is 0.311 e. The Kier molecular flexibility index (Phi) is 2.39. The second-order valence-electron chi connectivity index (χ2n) is 4.06. The Hall–Kier alpha value is -1.51. The van der Waals surface area contributed by atoms with E-state index < -0.39 is 5.97 Å². The summed E-state index contributed by atoms with van der Waals surface area (Å²) in [6, 6.07) is 5.70. The third kappa shape index (κ3) is 1.58. The van der Waals surface area contributed by atoms with Crippen LogP contribution < -0.4 is 4.74 Å². The Bertz CT molecular complexity index is 398. The van der Waals surface area contributed by atoms with Gasteiger partial charge in [0.15, 0.2) is 0 Å². The Labute approximate surface area is 88.7 Å². The normalized spacial score (nSPS) is 23.6. The number of carbonyl (C=O) groups is 1. The minimum atomic E-state index is -0.741. The third-order valence-electron chi connectivity index (χ3n) is 3.07. The molecule has 3 nitrogen and oxygen atoms in total. The summed E-state index contributed by atoms with van der Waals surface area (Å²) in [6.07, 6.45) is 0.844. The lowest BCUT2D eigenvalue weighted by atomic mass is 9.94. The van der Waals surface area contributed by atoms with Crippen molar-refractivity contribution in [2.24, 2.45) is 5.92 Å². The molecule has 0 aromatic heterocycles. The van der Waals surface area contributed by atoms with Gasteiger partial charge in [-0.2, -0.15) is 0 Å². The average molecular weight is 206 g/mol. The van der Waals surface area contributed by atoms with Crippen LogP contribution in [0, 0.1) is 5.92 Å². The first-order valence-corrected chi connectivity index (χ1v) is 5.03. The molecule has 0 heterocycles. The van der Waals surface area contributed by atoms with Crippen molar-refractivity contribution in [1.29, 1.82) is 0 Å². The number of carboxylic acids is 1. The molecule has 1 aromatic rings. The van der Waals surface area contributed by atoms with E-state index in [2.05, 4.69) is 0 Å². The molecule has 0 spiro atoms. The molecule has 80 valence electrons. The number of methoxy groups -OCH3 is 1. The van der Waals surface area contributed by atoms with Crippen LogP contribution in [0.3, 0.4) is 0 Å². The molecule has 0 radical (unpaired) electrons. The highest BCUT2D eigenvalue weighted by Crippen LogP contribution is 2.39. The van der Waals surface area contributed by atoms with Crippen LogP contribution >= 0.6 is 0 Å². The zero-order valence-corrected chi connectivity index (χ0v) is 8.86. The lowest BCUT2D eigenvalue weighted by Gasteiger charge is -2.11. The van der Waals surface area contributed by atoms with Crippen molar-refractivity contribution in [2.45, 2.75) is 19.3 Å². The fraction of sp³-hybridized carbons (Fsp3) is 0.417.